The number of carboxylic acid groups (broad SMARTS) is 1. The van der Waals surface area contributed by atoms with Crippen LogP contribution in [0.4, 0.5) is 5.69 Å². The number of nitrogens with zero attached hydrogens (tertiary/aromatic N) is 1. The monoisotopic (exact) mass is 233 g/mol. The van der Waals surface area contributed by atoms with Crippen molar-refractivity contribution in [3.05, 3.63) is 52.5 Å². The lowest BCUT2D eigenvalue weighted by molar-refractivity contribution is -0.384. The van der Waals surface area contributed by atoms with E-state index < -0.39 is 10.9 Å². The molecule has 0 spiro atoms. The quantitative estimate of drug-likeness (QED) is 0.649. The van der Waals surface area contributed by atoms with E-state index in [1.807, 2.05) is 0 Å². The van der Waals surface area contributed by atoms with Crippen LogP contribution in [0.3, 0.4) is 0 Å². The average Bonchev–Trinajstić information content (AvgIpc) is 2.81. The Balaban J connectivity index is 2.61. The lowest BCUT2D eigenvalue weighted by atomic mass is 10.0. The minimum Gasteiger partial charge on any atom is -0.478 e. The number of nitro groups is 1. The van der Waals surface area contributed by atoms with Crippen molar-refractivity contribution >= 4 is 11.7 Å². The van der Waals surface area contributed by atoms with Gasteiger partial charge in [-0.25, -0.2) is 4.79 Å². The number of rotatable bonds is 3. The highest BCUT2D eigenvalue weighted by atomic mass is 16.6. The molecule has 0 radical (unpaired) electrons. The van der Waals surface area contributed by atoms with Crippen LogP contribution < -0.4 is 0 Å². The van der Waals surface area contributed by atoms with E-state index in [9.17, 15) is 14.9 Å². The molecule has 6 nitrogen and oxygen atoms in total. The first-order valence-electron chi connectivity index (χ1n) is 4.64. The predicted molar refractivity (Wildman–Crippen MR) is 57.8 cm³/mol. The maximum atomic E-state index is 10.9. The van der Waals surface area contributed by atoms with E-state index in [0.717, 1.165) is 6.07 Å². The number of hydrogen-bond donors (Lipinski definition) is 1. The van der Waals surface area contributed by atoms with Crippen LogP contribution in [0.2, 0.25) is 0 Å². The molecule has 6 heteroatoms. The normalized spacial score (nSPS) is 10.1. The molecule has 1 aromatic carbocycles. The van der Waals surface area contributed by atoms with E-state index in [0.29, 0.717) is 11.1 Å². The smallest absolute Gasteiger partial charge is 0.335 e. The minimum absolute atomic E-state index is 0.121. The molecule has 0 saturated heterocycles. The summed E-state index contributed by atoms with van der Waals surface area (Å²) in [5.74, 6) is -1.20. The summed E-state index contributed by atoms with van der Waals surface area (Å²) < 4.78 is 4.84. The fraction of sp³-hybridized carbons (Fsp3) is 0. The highest BCUT2D eigenvalue weighted by molar-refractivity contribution is 5.90. The van der Waals surface area contributed by atoms with Gasteiger partial charge in [0.1, 0.15) is 0 Å². The molecule has 2 rings (SSSR count). The first kappa shape index (κ1) is 10.9. The zero-order valence-corrected chi connectivity index (χ0v) is 8.49. The molecule has 1 N–H and O–H groups in total. The minimum atomic E-state index is -1.20. The summed E-state index contributed by atoms with van der Waals surface area (Å²) in [5, 5.41) is 19.6. The fourth-order valence-corrected chi connectivity index (χ4v) is 1.48. The Labute approximate surface area is 95.3 Å². The molecule has 0 bridgehead atoms. The van der Waals surface area contributed by atoms with Gasteiger partial charge in [-0.3, -0.25) is 10.1 Å². The summed E-state index contributed by atoms with van der Waals surface area (Å²) in [7, 11) is 0. The molecule has 0 fully saturated rings. The molecule has 0 saturated carbocycles. The summed E-state index contributed by atoms with van der Waals surface area (Å²) >= 11 is 0. The van der Waals surface area contributed by atoms with Crippen molar-refractivity contribution in [3.8, 4) is 11.1 Å². The van der Waals surface area contributed by atoms with Crippen molar-refractivity contribution in [2.45, 2.75) is 0 Å². The molecule has 17 heavy (non-hydrogen) atoms. The Morgan fingerprint density at radius 1 is 1.35 bits per heavy atom. The Morgan fingerprint density at radius 2 is 2.12 bits per heavy atom. The zero-order valence-electron chi connectivity index (χ0n) is 8.49. The summed E-state index contributed by atoms with van der Waals surface area (Å²) in [6.45, 7) is 0. The fourth-order valence-electron chi connectivity index (χ4n) is 1.48. The van der Waals surface area contributed by atoms with Crippen LogP contribution in [0, 0.1) is 10.1 Å². The van der Waals surface area contributed by atoms with Gasteiger partial charge < -0.3 is 9.52 Å². The van der Waals surface area contributed by atoms with E-state index in [4.69, 9.17) is 9.52 Å². The van der Waals surface area contributed by atoms with Crippen LogP contribution >= 0.6 is 0 Å². The highest BCUT2D eigenvalue weighted by Crippen LogP contribution is 2.30. The zero-order chi connectivity index (χ0) is 12.4. The summed E-state index contributed by atoms with van der Waals surface area (Å²) in [6, 6.07) is 5.32. The van der Waals surface area contributed by atoms with Crippen molar-refractivity contribution < 1.29 is 19.2 Å². The van der Waals surface area contributed by atoms with Crippen LogP contribution in [0.1, 0.15) is 10.4 Å². The Hall–Kier alpha value is -2.63. The lowest BCUT2D eigenvalue weighted by Gasteiger charge is -2.01. The number of furan rings is 1. The standard InChI is InChI=1S/C11H7NO5/c13-11(14)7-1-2-9(8-3-4-17-6-8)10(5-7)12(15)16/h1-6H,(H,13,14). The lowest BCUT2D eigenvalue weighted by Crippen LogP contribution is -1.99. The van der Waals surface area contributed by atoms with Gasteiger partial charge in [-0.2, -0.15) is 0 Å². The molecule has 2 aromatic rings. The summed E-state index contributed by atoms with van der Waals surface area (Å²) in [4.78, 5) is 21.0. The van der Waals surface area contributed by atoms with Crippen molar-refractivity contribution in [2.24, 2.45) is 0 Å². The molecule has 0 atom stereocenters. The number of hydrogen-bond acceptors (Lipinski definition) is 4. The van der Waals surface area contributed by atoms with Gasteiger partial charge in [0.2, 0.25) is 0 Å². The maximum Gasteiger partial charge on any atom is 0.335 e. The second kappa shape index (κ2) is 4.09. The number of benzene rings is 1. The van der Waals surface area contributed by atoms with Crippen molar-refractivity contribution in [1.82, 2.24) is 0 Å². The van der Waals surface area contributed by atoms with E-state index in [2.05, 4.69) is 0 Å². The maximum absolute atomic E-state index is 10.9. The van der Waals surface area contributed by atoms with Crippen molar-refractivity contribution in [2.75, 3.05) is 0 Å². The molecule has 0 aliphatic carbocycles. The third-order valence-electron chi connectivity index (χ3n) is 2.27. The van der Waals surface area contributed by atoms with Crippen LogP contribution in [0.15, 0.2) is 41.2 Å². The van der Waals surface area contributed by atoms with Gasteiger partial charge in [0, 0.05) is 11.6 Å². The van der Waals surface area contributed by atoms with Gasteiger partial charge in [-0.1, -0.05) is 0 Å². The molecule has 0 aliphatic rings. The predicted octanol–water partition coefficient (Wildman–Crippen LogP) is 2.55. The Kier molecular flexibility index (Phi) is 2.61. The second-order valence-electron chi connectivity index (χ2n) is 3.31. The first-order chi connectivity index (χ1) is 8.09. The van der Waals surface area contributed by atoms with Crippen molar-refractivity contribution in [1.29, 1.82) is 0 Å². The van der Waals surface area contributed by atoms with Crippen molar-refractivity contribution in [3.63, 3.8) is 0 Å². The SMILES string of the molecule is O=C(O)c1ccc(-c2ccoc2)c([N+](=O)[O-])c1. The third kappa shape index (κ3) is 2.00. The molecule has 0 unspecified atom stereocenters. The highest BCUT2D eigenvalue weighted by Gasteiger charge is 2.18. The van der Waals surface area contributed by atoms with Gasteiger partial charge in [0.25, 0.3) is 5.69 Å². The van der Waals surface area contributed by atoms with Gasteiger partial charge >= 0.3 is 5.97 Å². The molecule has 1 heterocycles. The number of carboxylic acids is 1. The molecular formula is C11H7NO5. The average molecular weight is 233 g/mol. The van der Waals surface area contributed by atoms with Gasteiger partial charge in [-0.15, -0.1) is 0 Å². The van der Waals surface area contributed by atoms with E-state index in [-0.39, 0.29) is 11.3 Å². The van der Waals surface area contributed by atoms with Gasteiger partial charge in [0.05, 0.1) is 28.6 Å². The van der Waals surface area contributed by atoms with Gasteiger partial charge in [-0.05, 0) is 18.2 Å². The van der Waals surface area contributed by atoms with E-state index in [1.54, 1.807) is 6.07 Å². The molecule has 0 amide bonds. The third-order valence-corrected chi connectivity index (χ3v) is 2.27. The largest absolute Gasteiger partial charge is 0.478 e. The first-order valence-corrected chi connectivity index (χ1v) is 4.64. The Bertz CT molecular complexity index is 574. The molecule has 0 aliphatic heterocycles. The van der Waals surface area contributed by atoms with E-state index in [1.165, 1.54) is 24.7 Å². The van der Waals surface area contributed by atoms with Crippen LogP contribution in [0.5, 0.6) is 0 Å². The topological polar surface area (TPSA) is 93.6 Å². The molecule has 1 aromatic heterocycles. The summed E-state index contributed by atoms with van der Waals surface area (Å²) in [6.07, 6.45) is 2.76. The molecule has 86 valence electrons. The Morgan fingerprint density at radius 3 is 2.65 bits per heavy atom. The number of carbonyl (C=O) groups is 1. The second-order valence-corrected chi connectivity index (χ2v) is 3.31. The van der Waals surface area contributed by atoms with Crippen LogP contribution in [-0.4, -0.2) is 16.0 Å². The number of aromatic carboxylic acids is 1. The molecular weight excluding hydrogens is 226 g/mol. The van der Waals surface area contributed by atoms with Gasteiger partial charge in [0.15, 0.2) is 0 Å². The van der Waals surface area contributed by atoms with E-state index >= 15 is 0 Å². The van der Waals surface area contributed by atoms with Crippen LogP contribution in [0.25, 0.3) is 11.1 Å². The summed E-state index contributed by atoms with van der Waals surface area (Å²) in [5.41, 5.74) is 0.484. The van der Waals surface area contributed by atoms with Crippen LogP contribution in [-0.2, 0) is 0 Å². The number of nitro benzene ring substituents is 1.